The molecule has 0 unspecified atom stereocenters. The zero-order valence-corrected chi connectivity index (χ0v) is 19.1. The Morgan fingerprint density at radius 3 is 2.48 bits per heavy atom. The van der Waals surface area contributed by atoms with E-state index in [4.69, 9.17) is 14.5 Å². The van der Waals surface area contributed by atoms with Crippen LogP contribution >= 0.6 is 11.3 Å². The first kappa shape index (κ1) is 21.5. The van der Waals surface area contributed by atoms with Crippen LogP contribution in [-0.4, -0.2) is 64.2 Å². The summed E-state index contributed by atoms with van der Waals surface area (Å²) >= 11 is 1.63. The molecule has 3 aromatic heterocycles. The van der Waals surface area contributed by atoms with Gasteiger partial charge in [0.15, 0.2) is 0 Å². The summed E-state index contributed by atoms with van der Waals surface area (Å²) in [5, 5.41) is 7.64. The number of ether oxygens (including phenoxy) is 2. The van der Waals surface area contributed by atoms with Gasteiger partial charge in [0.05, 0.1) is 25.5 Å². The first-order valence-electron chi connectivity index (χ1n) is 10.4. The number of anilines is 1. The van der Waals surface area contributed by atoms with Crippen molar-refractivity contribution in [2.24, 2.45) is 0 Å². The fraction of sp³-hybridized carbons (Fsp3) is 0.455. The molecule has 0 amide bonds. The molecular weight excluding hydrogens is 412 g/mol. The summed E-state index contributed by atoms with van der Waals surface area (Å²) in [5.41, 5.74) is 3.39. The van der Waals surface area contributed by atoms with E-state index in [0.29, 0.717) is 29.5 Å². The quantitative estimate of drug-likeness (QED) is 0.591. The number of thiophene rings is 1. The minimum Gasteiger partial charge on any atom is -0.480 e. The SMILES string of the molecule is COc1ncc(-c2nc(NC3CCN(C(C)C)CC3)ncc2-c2ccsc2)c(OC)n1. The molecule has 0 aliphatic carbocycles. The summed E-state index contributed by atoms with van der Waals surface area (Å²) in [4.78, 5) is 20.6. The second-order valence-electron chi connectivity index (χ2n) is 7.80. The Labute approximate surface area is 186 Å². The van der Waals surface area contributed by atoms with Gasteiger partial charge in [-0.25, -0.2) is 15.0 Å². The predicted molar refractivity (Wildman–Crippen MR) is 123 cm³/mol. The predicted octanol–water partition coefficient (Wildman–Crippen LogP) is 3.96. The van der Waals surface area contributed by atoms with Gasteiger partial charge in [-0.1, -0.05) is 0 Å². The monoisotopic (exact) mass is 440 g/mol. The Bertz CT molecular complexity index is 1000. The molecule has 1 aliphatic rings. The molecule has 31 heavy (non-hydrogen) atoms. The molecule has 1 saturated heterocycles. The standard InChI is InChI=1S/C22H28N6O2S/c1-14(2)28-8-5-16(6-9-28)25-21-23-11-17(15-7-10-31-13-15)19(26-21)18-12-24-22(30-4)27-20(18)29-3/h7,10-14,16H,5-6,8-9H2,1-4H3,(H,23,25,26). The summed E-state index contributed by atoms with van der Waals surface area (Å²) in [6.07, 6.45) is 5.68. The molecular formula is C22H28N6O2S. The van der Waals surface area contributed by atoms with Gasteiger partial charge in [0.2, 0.25) is 11.8 Å². The molecule has 0 aromatic carbocycles. The van der Waals surface area contributed by atoms with Crippen molar-refractivity contribution < 1.29 is 9.47 Å². The van der Waals surface area contributed by atoms with Crippen LogP contribution in [-0.2, 0) is 0 Å². The van der Waals surface area contributed by atoms with Crippen LogP contribution < -0.4 is 14.8 Å². The third-order valence-electron chi connectivity index (χ3n) is 5.58. The molecule has 4 heterocycles. The summed E-state index contributed by atoms with van der Waals surface area (Å²) in [7, 11) is 3.11. The highest BCUT2D eigenvalue weighted by Gasteiger charge is 2.23. The number of hydrogen-bond donors (Lipinski definition) is 1. The maximum atomic E-state index is 5.52. The van der Waals surface area contributed by atoms with E-state index in [0.717, 1.165) is 42.8 Å². The van der Waals surface area contributed by atoms with Gasteiger partial charge >= 0.3 is 6.01 Å². The Morgan fingerprint density at radius 1 is 1.06 bits per heavy atom. The first-order chi connectivity index (χ1) is 15.1. The lowest BCUT2D eigenvalue weighted by atomic mass is 10.0. The van der Waals surface area contributed by atoms with Crippen LogP contribution in [0.15, 0.2) is 29.2 Å². The molecule has 1 aliphatic heterocycles. The highest BCUT2D eigenvalue weighted by molar-refractivity contribution is 7.08. The number of nitrogens with zero attached hydrogens (tertiary/aromatic N) is 5. The largest absolute Gasteiger partial charge is 0.480 e. The zero-order valence-electron chi connectivity index (χ0n) is 18.3. The van der Waals surface area contributed by atoms with Gasteiger partial charge in [0, 0.05) is 43.1 Å². The Balaban J connectivity index is 1.66. The van der Waals surface area contributed by atoms with Crippen LogP contribution in [0.1, 0.15) is 26.7 Å². The molecule has 0 atom stereocenters. The van der Waals surface area contributed by atoms with E-state index in [9.17, 15) is 0 Å². The van der Waals surface area contributed by atoms with Crippen molar-refractivity contribution >= 4 is 17.3 Å². The minimum absolute atomic E-state index is 0.252. The molecule has 0 bridgehead atoms. The number of likely N-dealkylation sites (tertiary alicyclic amines) is 1. The zero-order chi connectivity index (χ0) is 21.8. The van der Waals surface area contributed by atoms with Crippen LogP contribution in [0.2, 0.25) is 0 Å². The van der Waals surface area contributed by atoms with E-state index < -0.39 is 0 Å². The van der Waals surface area contributed by atoms with E-state index in [1.807, 2.05) is 11.6 Å². The van der Waals surface area contributed by atoms with Gasteiger partial charge in [0.25, 0.3) is 0 Å². The average Bonchev–Trinajstić information content (AvgIpc) is 3.33. The molecule has 0 saturated carbocycles. The normalized spacial score (nSPS) is 15.3. The van der Waals surface area contributed by atoms with Crippen LogP contribution in [0, 0.1) is 0 Å². The van der Waals surface area contributed by atoms with Crippen molar-refractivity contribution in [3.63, 3.8) is 0 Å². The number of nitrogens with one attached hydrogen (secondary N) is 1. The van der Waals surface area contributed by atoms with Crippen molar-refractivity contribution in [2.45, 2.75) is 38.8 Å². The molecule has 4 rings (SSSR count). The van der Waals surface area contributed by atoms with Crippen molar-refractivity contribution in [3.8, 4) is 34.3 Å². The van der Waals surface area contributed by atoms with Crippen LogP contribution in [0.3, 0.4) is 0 Å². The molecule has 1 N–H and O–H groups in total. The summed E-state index contributed by atoms with van der Waals surface area (Å²) in [6, 6.07) is 3.24. The topological polar surface area (TPSA) is 85.3 Å². The number of rotatable bonds is 7. The number of piperidine rings is 1. The van der Waals surface area contributed by atoms with E-state index in [1.165, 1.54) is 7.11 Å². The van der Waals surface area contributed by atoms with E-state index in [-0.39, 0.29) is 6.01 Å². The van der Waals surface area contributed by atoms with Crippen molar-refractivity contribution in [1.82, 2.24) is 24.8 Å². The molecule has 9 heteroatoms. The average molecular weight is 441 g/mol. The second-order valence-corrected chi connectivity index (χ2v) is 8.58. The van der Waals surface area contributed by atoms with E-state index in [2.05, 4.69) is 50.5 Å². The molecule has 164 valence electrons. The van der Waals surface area contributed by atoms with Gasteiger partial charge in [-0.15, -0.1) is 0 Å². The lowest BCUT2D eigenvalue weighted by Gasteiger charge is -2.34. The third-order valence-corrected chi connectivity index (χ3v) is 6.26. The number of hydrogen-bond acceptors (Lipinski definition) is 9. The van der Waals surface area contributed by atoms with E-state index >= 15 is 0 Å². The van der Waals surface area contributed by atoms with Crippen molar-refractivity contribution in [3.05, 3.63) is 29.2 Å². The smallest absolute Gasteiger partial charge is 0.319 e. The second kappa shape index (κ2) is 9.57. The fourth-order valence-electron chi connectivity index (χ4n) is 3.80. The highest BCUT2D eigenvalue weighted by atomic mass is 32.1. The first-order valence-corrected chi connectivity index (χ1v) is 11.4. The van der Waals surface area contributed by atoms with Gasteiger partial charge in [-0.3, -0.25) is 0 Å². The highest BCUT2D eigenvalue weighted by Crippen LogP contribution is 2.36. The Kier molecular flexibility index (Phi) is 6.62. The summed E-state index contributed by atoms with van der Waals surface area (Å²) in [5.74, 6) is 1.02. The van der Waals surface area contributed by atoms with Gasteiger partial charge in [-0.05, 0) is 49.1 Å². The number of methoxy groups -OCH3 is 2. The molecule has 0 spiro atoms. The van der Waals surface area contributed by atoms with Gasteiger partial charge in [0.1, 0.15) is 0 Å². The van der Waals surface area contributed by atoms with Crippen LogP contribution in [0.5, 0.6) is 11.9 Å². The maximum absolute atomic E-state index is 5.52. The fourth-order valence-corrected chi connectivity index (χ4v) is 4.45. The molecule has 0 radical (unpaired) electrons. The van der Waals surface area contributed by atoms with Crippen molar-refractivity contribution in [2.75, 3.05) is 32.6 Å². The maximum Gasteiger partial charge on any atom is 0.319 e. The molecule has 1 fully saturated rings. The summed E-state index contributed by atoms with van der Waals surface area (Å²) < 4.78 is 10.7. The number of aromatic nitrogens is 4. The lowest BCUT2D eigenvalue weighted by molar-refractivity contribution is 0.177. The van der Waals surface area contributed by atoms with Crippen LogP contribution in [0.4, 0.5) is 5.95 Å². The Hall–Kier alpha value is -2.78. The summed E-state index contributed by atoms with van der Waals surface area (Å²) in [6.45, 7) is 6.65. The lowest BCUT2D eigenvalue weighted by Crippen LogP contribution is -2.42. The van der Waals surface area contributed by atoms with Gasteiger partial charge in [-0.2, -0.15) is 16.3 Å². The molecule has 8 nitrogen and oxygen atoms in total. The van der Waals surface area contributed by atoms with Crippen LogP contribution in [0.25, 0.3) is 22.4 Å². The van der Waals surface area contributed by atoms with Gasteiger partial charge < -0.3 is 19.7 Å². The third kappa shape index (κ3) is 4.77. The minimum atomic E-state index is 0.252. The Morgan fingerprint density at radius 2 is 1.84 bits per heavy atom. The van der Waals surface area contributed by atoms with Crippen molar-refractivity contribution in [1.29, 1.82) is 0 Å². The van der Waals surface area contributed by atoms with E-state index in [1.54, 1.807) is 24.6 Å². The molecule has 3 aromatic rings.